The number of fused-ring (bicyclic) bond motifs is 8. The Morgan fingerprint density at radius 1 is 0.469 bits per heavy atom. The molecule has 0 fully saturated rings. The van der Waals surface area contributed by atoms with Crippen molar-refractivity contribution in [2.24, 2.45) is 0 Å². The predicted molar refractivity (Wildman–Crippen MR) is 135 cm³/mol. The van der Waals surface area contributed by atoms with Crippen LogP contribution in [0.3, 0.4) is 0 Å². The van der Waals surface area contributed by atoms with Crippen molar-refractivity contribution in [2.75, 3.05) is 0 Å². The molecule has 7 aromatic carbocycles. The summed E-state index contributed by atoms with van der Waals surface area (Å²) >= 11 is 0. The number of hydrogen-bond donors (Lipinski definition) is 0. The van der Waals surface area contributed by atoms with Crippen molar-refractivity contribution < 1.29 is 4.74 Å². The molecular weight excluding hydrogens is 388 g/mol. The summed E-state index contributed by atoms with van der Waals surface area (Å²) in [6.45, 7) is 0.613. The molecule has 0 saturated carbocycles. The van der Waals surface area contributed by atoms with Crippen LogP contribution in [0.25, 0.3) is 65.0 Å². The maximum absolute atomic E-state index is 6.20. The van der Waals surface area contributed by atoms with Crippen LogP contribution in [0, 0.1) is 0 Å². The molecule has 0 aromatic heterocycles. The van der Waals surface area contributed by atoms with Crippen LogP contribution in [-0.4, -0.2) is 0 Å². The van der Waals surface area contributed by atoms with Gasteiger partial charge in [-0.25, -0.2) is 0 Å². The van der Waals surface area contributed by atoms with Crippen molar-refractivity contribution in [3.05, 3.63) is 103 Å². The van der Waals surface area contributed by atoms with Crippen LogP contribution >= 0.6 is 0 Å². The molecule has 0 saturated heterocycles. The molecular formula is C31H18O. The Balaban J connectivity index is 1.61. The van der Waals surface area contributed by atoms with E-state index in [1.807, 2.05) is 0 Å². The van der Waals surface area contributed by atoms with Gasteiger partial charge in [0.05, 0.1) is 0 Å². The summed E-state index contributed by atoms with van der Waals surface area (Å²) in [6.07, 6.45) is 0. The fourth-order valence-corrected chi connectivity index (χ4v) is 5.86. The van der Waals surface area contributed by atoms with Crippen LogP contribution in [0.15, 0.2) is 97.1 Å². The minimum atomic E-state index is 0.613. The lowest BCUT2D eigenvalue weighted by molar-refractivity contribution is 0.303. The first-order valence-corrected chi connectivity index (χ1v) is 11.1. The second-order valence-electron chi connectivity index (χ2n) is 8.88. The molecule has 1 heterocycles. The van der Waals surface area contributed by atoms with Gasteiger partial charge >= 0.3 is 0 Å². The molecule has 1 aliphatic heterocycles. The normalized spacial score (nSPS) is 13.1. The fourth-order valence-electron chi connectivity index (χ4n) is 5.86. The average Bonchev–Trinajstić information content (AvgIpc) is 2.86. The summed E-state index contributed by atoms with van der Waals surface area (Å²) in [7, 11) is 0. The number of ether oxygens (including phenoxy) is 1. The van der Waals surface area contributed by atoms with Crippen LogP contribution in [0.2, 0.25) is 0 Å². The van der Waals surface area contributed by atoms with Crippen LogP contribution in [0.5, 0.6) is 5.75 Å². The third-order valence-electron chi connectivity index (χ3n) is 7.25. The van der Waals surface area contributed by atoms with E-state index in [4.69, 9.17) is 4.74 Å². The monoisotopic (exact) mass is 406 g/mol. The molecule has 0 N–H and O–H groups in total. The SMILES string of the molecule is c1ccc2c3c(ccc2c1)OCc1ccc2c(cc4ccc5cccc6ccc2c4c56)c1-3. The summed E-state index contributed by atoms with van der Waals surface area (Å²) in [5.74, 6) is 0.980. The molecule has 8 rings (SSSR count). The first-order chi connectivity index (χ1) is 15.9. The Labute approximate surface area is 184 Å². The highest BCUT2D eigenvalue weighted by Gasteiger charge is 2.23. The fraction of sp³-hybridized carbons (Fsp3) is 0.0323. The van der Waals surface area contributed by atoms with Crippen molar-refractivity contribution in [3.63, 3.8) is 0 Å². The number of hydrogen-bond acceptors (Lipinski definition) is 1. The van der Waals surface area contributed by atoms with Crippen molar-refractivity contribution in [1.29, 1.82) is 0 Å². The zero-order valence-electron chi connectivity index (χ0n) is 17.4. The molecule has 0 radical (unpaired) electrons. The van der Waals surface area contributed by atoms with Gasteiger partial charge < -0.3 is 4.74 Å². The Bertz CT molecular complexity index is 1860. The molecule has 1 aliphatic rings. The van der Waals surface area contributed by atoms with E-state index < -0.39 is 0 Å². The molecule has 0 unspecified atom stereocenters. The van der Waals surface area contributed by atoms with Gasteiger partial charge in [0.2, 0.25) is 0 Å². The standard InChI is InChI=1S/C31H18O/c1-2-7-23-18(4-1)12-15-27-31(23)30-22(17-32-27)11-13-24-25-14-10-20-6-3-5-19-8-9-21(16-26(24)30)29(25)28(19)20/h1-16H,17H2. The Kier molecular flexibility index (Phi) is 2.99. The summed E-state index contributed by atoms with van der Waals surface area (Å²) in [6, 6.07) is 35.6. The van der Waals surface area contributed by atoms with Gasteiger partial charge in [0.25, 0.3) is 0 Å². The first-order valence-electron chi connectivity index (χ1n) is 11.1. The van der Waals surface area contributed by atoms with Gasteiger partial charge in [0, 0.05) is 11.1 Å². The summed E-state index contributed by atoms with van der Waals surface area (Å²) < 4.78 is 6.20. The molecule has 0 atom stereocenters. The molecule has 1 nitrogen and oxygen atoms in total. The molecule has 7 aromatic rings. The second-order valence-corrected chi connectivity index (χ2v) is 8.88. The lowest BCUT2D eigenvalue weighted by Gasteiger charge is -2.25. The van der Waals surface area contributed by atoms with Gasteiger partial charge in [0.1, 0.15) is 12.4 Å². The molecule has 0 spiro atoms. The van der Waals surface area contributed by atoms with E-state index >= 15 is 0 Å². The van der Waals surface area contributed by atoms with Crippen LogP contribution in [0.1, 0.15) is 5.56 Å². The zero-order chi connectivity index (χ0) is 20.8. The molecule has 0 bridgehead atoms. The van der Waals surface area contributed by atoms with E-state index in [2.05, 4.69) is 97.1 Å². The number of benzene rings is 7. The molecule has 0 aliphatic carbocycles. The Morgan fingerprint density at radius 2 is 1.22 bits per heavy atom. The van der Waals surface area contributed by atoms with E-state index in [0.29, 0.717) is 6.61 Å². The quantitative estimate of drug-likeness (QED) is 0.181. The topological polar surface area (TPSA) is 9.23 Å². The van der Waals surface area contributed by atoms with Gasteiger partial charge in [-0.05, 0) is 71.6 Å². The average molecular weight is 406 g/mol. The lowest BCUT2D eigenvalue weighted by atomic mass is 9.85. The van der Waals surface area contributed by atoms with Gasteiger partial charge in [-0.2, -0.15) is 0 Å². The third kappa shape index (κ3) is 1.99. The van der Waals surface area contributed by atoms with E-state index in [0.717, 1.165) is 5.75 Å². The van der Waals surface area contributed by atoms with Crippen molar-refractivity contribution >= 4 is 53.9 Å². The second kappa shape index (κ2) is 5.77. The van der Waals surface area contributed by atoms with Crippen LogP contribution in [0.4, 0.5) is 0 Å². The van der Waals surface area contributed by atoms with Gasteiger partial charge in [-0.1, -0.05) is 84.9 Å². The van der Waals surface area contributed by atoms with Gasteiger partial charge in [-0.3, -0.25) is 0 Å². The maximum Gasteiger partial charge on any atom is 0.128 e. The maximum atomic E-state index is 6.20. The summed E-state index contributed by atoms with van der Waals surface area (Å²) in [5, 5.41) is 13.1. The molecule has 32 heavy (non-hydrogen) atoms. The van der Waals surface area contributed by atoms with Gasteiger partial charge in [0.15, 0.2) is 0 Å². The van der Waals surface area contributed by atoms with E-state index in [1.165, 1.54) is 70.6 Å². The van der Waals surface area contributed by atoms with Gasteiger partial charge in [-0.15, -0.1) is 0 Å². The lowest BCUT2D eigenvalue weighted by Crippen LogP contribution is -2.06. The van der Waals surface area contributed by atoms with Crippen molar-refractivity contribution in [2.45, 2.75) is 6.61 Å². The van der Waals surface area contributed by atoms with E-state index in [9.17, 15) is 0 Å². The molecule has 148 valence electrons. The van der Waals surface area contributed by atoms with Crippen molar-refractivity contribution in [3.8, 4) is 16.9 Å². The Morgan fingerprint density at radius 3 is 2.16 bits per heavy atom. The number of rotatable bonds is 0. The smallest absolute Gasteiger partial charge is 0.128 e. The summed E-state index contributed by atoms with van der Waals surface area (Å²) in [4.78, 5) is 0. The summed E-state index contributed by atoms with van der Waals surface area (Å²) in [5.41, 5.74) is 3.81. The minimum absolute atomic E-state index is 0.613. The van der Waals surface area contributed by atoms with E-state index in [-0.39, 0.29) is 0 Å². The third-order valence-corrected chi connectivity index (χ3v) is 7.25. The molecule has 1 heteroatoms. The zero-order valence-corrected chi connectivity index (χ0v) is 17.4. The molecule has 0 amide bonds. The largest absolute Gasteiger partial charge is 0.488 e. The van der Waals surface area contributed by atoms with E-state index in [1.54, 1.807) is 0 Å². The highest BCUT2D eigenvalue weighted by molar-refractivity contribution is 6.30. The predicted octanol–water partition coefficient (Wildman–Crippen LogP) is 8.45. The minimum Gasteiger partial charge on any atom is -0.488 e. The van der Waals surface area contributed by atoms with Crippen LogP contribution < -0.4 is 4.74 Å². The highest BCUT2D eigenvalue weighted by Crippen LogP contribution is 2.48. The first kappa shape index (κ1) is 16.6. The van der Waals surface area contributed by atoms with Crippen LogP contribution in [-0.2, 0) is 6.61 Å². The Hall–Kier alpha value is -4.10. The highest BCUT2D eigenvalue weighted by atomic mass is 16.5. The van der Waals surface area contributed by atoms with Crippen molar-refractivity contribution in [1.82, 2.24) is 0 Å².